The van der Waals surface area contributed by atoms with E-state index in [1.807, 2.05) is 18.2 Å². The fourth-order valence-corrected chi connectivity index (χ4v) is 2.67. The second-order valence-electron chi connectivity index (χ2n) is 5.45. The number of carbonyl (C=O) groups is 1. The van der Waals surface area contributed by atoms with Crippen LogP contribution in [-0.2, 0) is 17.6 Å². The van der Waals surface area contributed by atoms with Crippen LogP contribution >= 0.6 is 0 Å². The van der Waals surface area contributed by atoms with Crippen molar-refractivity contribution >= 4 is 5.78 Å². The minimum Gasteiger partial charge on any atom is -0.339 e. The van der Waals surface area contributed by atoms with Crippen molar-refractivity contribution in [1.29, 1.82) is 0 Å². The van der Waals surface area contributed by atoms with Gasteiger partial charge in [-0.05, 0) is 24.3 Å². The van der Waals surface area contributed by atoms with Crippen LogP contribution in [0.1, 0.15) is 43.0 Å². The van der Waals surface area contributed by atoms with E-state index in [4.69, 9.17) is 4.52 Å². The summed E-state index contributed by atoms with van der Waals surface area (Å²) < 4.78 is 5.32. The molecule has 0 radical (unpaired) electrons. The van der Waals surface area contributed by atoms with Crippen molar-refractivity contribution in [3.63, 3.8) is 0 Å². The quantitative estimate of drug-likeness (QED) is 0.857. The summed E-state index contributed by atoms with van der Waals surface area (Å²) in [4.78, 5) is 15.7. The molecule has 1 aromatic carbocycles. The van der Waals surface area contributed by atoms with E-state index in [-0.39, 0.29) is 0 Å². The molecule has 3 rings (SSSR count). The van der Waals surface area contributed by atoms with Gasteiger partial charge in [-0.3, -0.25) is 4.79 Å². The van der Waals surface area contributed by atoms with Crippen molar-refractivity contribution < 1.29 is 9.32 Å². The van der Waals surface area contributed by atoms with Gasteiger partial charge < -0.3 is 4.52 Å². The third-order valence-electron chi connectivity index (χ3n) is 3.84. The Morgan fingerprint density at radius 2 is 1.90 bits per heavy atom. The predicted octanol–water partition coefficient (Wildman–Crippen LogP) is 2.96. The van der Waals surface area contributed by atoms with Crippen LogP contribution < -0.4 is 0 Å². The Morgan fingerprint density at radius 1 is 1.15 bits per heavy atom. The Labute approximate surface area is 118 Å². The smallest absolute Gasteiger partial charge is 0.226 e. The van der Waals surface area contributed by atoms with Gasteiger partial charge in [0.2, 0.25) is 5.89 Å². The van der Waals surface area contributed by atoms with Gasteiger partial charge in [0, 0.05) is 25.7 Å². The molecule has 1 aliphatic rings. The zero-order valence-electron chi connectivity index (χ0n) is 11.4. The van der Waals surface area contributed by atoms with Crippen LogP contribution in [0, 0.1) is 5.92 Å². The molecule has 1 saturated carbocycles. The number of aromatic nitrogens is 2. The molecule has 0 atom stereocenters. The van der Waals surface area contributed by atoms with E-state index in [1.165, 1.54) is 5.56 Å². The van der Waals surface area contributed by atoms with Gasteiger partial charge in [0.25, 0.3) is 0 Å². The largest absolute Gasteiger partial charge is 0.339 e. The standard InChI is InChI=1S/C16H18N2O2/c19-14-8-6-13(7-9-14)11-16-17-15(18-20-16)10-12-4-2-1-3-5-12/h1-5,13H,6-11H2. The highest BCUT2D eigenvalue weighted by Gasteiger charge is 2.21. The number of benzene rings is 1. The van der Waals surface area contributed by atoms with Crippen LogP contribution in [0.4, 0.5) is 0 Å². The topological polar surface area (TPSA) is 56.0 Å². The molecule has 1 aromatic heterocycles. The van der Waals surface area contributed by atoms with Crippen LogP contribution in [0.25, 0.3) is 0 Å². The Balaban J connectivity index is 1.58. The van der Waals surface area contributed by atoms with Crippen molar-refractivity contribution in [2.24, 2.45) is 5.92 Å². The summed E-state index contributed by atoms with van der Waals surface area (Å²) in [7, 11) is 0. The Bertz CT molecular complexity index is 567. The lowest BCUT2D eigenvalue weighted by atomic mass is 9.86. The summed E-state index contributed by atoms with van der Waals surface area (Å²) in [6, 6.07) is 10.1. The van der Waals surface area contributed by atoms with E-state index in [0.717, 1.165) is 25.1 Å². The Morgan fingerprint density at radius 3 is 2.65 bits per heavy atom. The summed E-state index contributed by atoms with van der Waals surface area (Å²) in [5, 5.41) is 4.04. The molecule has 2 aromatic rings. The van der Waals surface area contributed by atoms with Gasteiger partial charge in [0.05, 0.1) is 0 Å². The maximum atomic E-state index is 11.2. The zero-order valence-corrected chi connectivity index (χ0v) is 11.4. The maximum absolute atomic E-state index is 11.2. The number of Topliss-reactive ketones (excluding diaryl/α,β-unsaturated/α-hetero) is 1. The monoisotopic (exact) mass is 270 g/mol. The van der Waals surface area contributed by atoms with E-state index in [0.29, 0.717) is 36.9 Å². The molecule has 1 heterocycles. The second-order valence-corrected chi connectivity index (χ2v) is 5.45. The fourth-order valence-electron chi connectivity index (χ4n) is 2.67. The number of nitrogens with zero attached hydrogens (tertiary/aromatic N) is 2. The summed E-state index contributed by atoms with van der Waals surface area (Å²) in [6.07, 6.45) is 4.82. The van der Waals surface area contributed by atoms with E-state index in [1.54, 1.807) is 0 Å². The van der Waals surface area contributed by atoms with E-state index >= 15 is 0 Å². The molecule has 0 unspecified atom stereocenters. The van der Waals surface area contributed by atoms with E-state index in [2.05, 4.69) is 22.3 Å². The average Bonchev–Trinajstić information content (AvgIpc) is 2.90. The number of hydrogen-bond acceptors (Lipinski definition) is 4. The molecule has 20 heavy (non-hydrogen) atoms. The van der Waals surface area contributed by atoms with Crippen LogP contribution in [0.5, 0.6) is 0 Å². The first-order chi connectivity index (χ1) is 9.79. The van der Waals surface area contributed by atoms with Gasteiger partial charge >= 0.3 is 0 Å². The first-order valence-electron chi connectivity index (χ1n) is 7.16. The second kappa shape index (κ2) is 5.99. The first kappa shape index (κ1) is 13.0. The highest BCUT2D eigenvalue weighted by molar-refractivity contribution is 5.79. The molecule has 0 N–H and O–H groups in total. The van der Waals surface area contributed by atoms with Crippen molar-refractivity contribution in [3.8, 4) is 0 Å². The fraction of sp³-hybridized carbons (Fsp3) is 0.438. The maximum Gasteiger partial charge on any atom is 0.226 e. The first-order valence-corrected chi connectivity index (χ1v) is 7.16. The van der Waals surface area contributed by atoms with E-state index < -0.39 is 0 Å². The van der Waals surface area contributed by atoms with Crippen LogP contribution in [0.2, 0.25) is 0 Å². The number of ketones is 1. The molecule has 0 bridgehead atoms. The van der Waals surface area contributed by atoms with Crippen LogP contribution in [-0.4, -0.2) is 15.9 Å². The van der Waals surface area contributed by atoms with Crippen molar-refractivity contribution in [2.45, 2.75) is 38.5 Å². The zero-order chi connectivity index (χ0) is 13.8. The highest BCUT2D eigenvalue weighted by Crippen LogP contribution is 2.24. The molecule has 4 heteroatoms. The van der Waals surface area contributed by atoms with Crippen LogP contribution in [0.3, 0.4) is 0 Å². The molecule has 104 valence electrons. The molecule has 0 amide bonds. The van der Waals surface area contributed by atoms with Crippen molar-refractivity contribution in [3.05, 3.63) is 47.6 Å². The van der Waals surface area contributed by atoms with Gasteiger partial charge in [-0.15, -0.1) is 0 Å². The van der Waals surface area contributed by atoms with Crippen molar-refractivity contribution in [2.75, 3.05) is 0 Å². The number of rotatable bonds is 4. The summed E-state index contributed by atoms with van der Waals surface area (Å²) in [5.41, 5.74) is 1.18. The Hall–Kier alpha value is -1.97. The highest BCUT2D eigenvalue weighted by atomic mass is 16.5. The average molecular weight is 270 g/mol. The van der Waals surface area contributed by atoms with Crippen molar-refractivity contribution in [1.82, 2.24) is 10.1 Å². The number of hydrogen-bond donors (Lipinski definition) is 0. The van der Waals surface area contributed by atoms with Gasteiger partial charge in [-0.2, -0.15) is 4.98 Å². The SMILES string of the molecule is O=C1CCC(Cc2nc(Cc3ccccc3)no2)CC1. The molecule has 0 aliphatic heterocycles. The van der Waals surface area contributed by atoms with Crippen LogP contribution in [0.15, 0.2) is 34.9 Å². The molecular weight excluding hydrogens is 252 g/mol. The van der Waals surface area contributed by atoms with E-state index in [9.17, 15) is 4.79 Å². The third-order valence-corrected chi connectivity index (χ3v) is 3.84. The minimum atomic E-state index is 0.386. The molecule has 4 nitrogen and oxygen atoms in total. The summed E-state index contributed by atoms with van der Waals surface area (Å²) in [6.45, 7) is 0. The molecule has 1 aliphatic carbocycles. The minimum absolute atomic E-state index is 0.386. The van der Waals surface area contributed by atoms with Gasteiger partial charge in [0.1, 0.15) is 5.78 Å². The molecular formula is C16H18N2O2. The van der Waals surface area contributed by atoms with Gasteiger partial charge in [-0.1, -0.05) is 35.5 Å². The number of carbonyl (C=O) groups excluding carboxylic acids is 1. The lowest BCUT2D eigenvalue weighted by molar-refractivity contribution is -0.121. The predicted molar refractivity (Wildman–Crippen MR) is 74.2 cm³/mol. The van der Waals surface area contributed by atoms with Gasteiger partial charge in [0.15, 0.2) is 5.82 Å². The lowest BCUT2D eigenvalue weighted by Gasteiger charge is -2.18. The molecule has 0 saturated heterocycles. The van der Waals surface area contributed by atoms with Gasteiger partial charge in [-0.25, -0.2) is 0 Å². The third kappa shape index (κ3) is 3.32. The normalized spacial score (nSPS) is 16.5. The lowest BCUT2D eigenvalue weighted by Crippen LogP contribution is -2.15. The Kier molecular flexibility index (Phi) is 3.90. The summed E-state index contributed by atoms with van der Waals surface area (Å²) in [5.74, 6) is 2.34. The molecule has 1 fully saturated rings. The molecule has 0 spiro atoms. The summed E-state index contributed by atoms with van der Waals surface area (Å²) >= 11 is 0.